The van der Waals surface area contributed by atoms with Gasteiger partial charge in [0, 0.05) is 5.56 Å². The lowest BCUT2D eigenvalue weighted by atomic mass is 10.2. The van der Waals surface area contributed by atoms with Crippen LogP contribution in [0.15, 0.2) is 30.3 Å². The molecule has 0 aliphatic heterocycles. The van der Waals surface area contributed by atoms with Crippen molar-refractivity contribution in [1.29, 1.82) is 0 Å². The number of rotatable bonds is 8. The van der Waals surface area contributed by atoms with Crippen LogP contribution < -0.4 is 18.9 Å². The molecule has 0 fully saturated rings. The van der Waals surface area contributed by atoms with Crippen molar-refractivity contribution in [3.63, 3.8) is 0 Å². The molecule has 7 heteroatoms. The van der Waals surface area contributed by atoms with E-state index in [1.54, 1.807) is 32.4 Å². The highest BCUT2D eigenvalue weighted by Crippen LogP contribution is 2.36. The zero-order valence-electron chi connectivity index (χ0n) is 15.1. The number of carbonyl (C=O) groups excluding carboxylic acids is 1. The maximum atomic E-state index is 12.4. The number of benzene rings is 2. The topological polar surface area (TPSA) is 63.2 Å². The average molecular weight is 381 g/mol. The van der Waals surface area contributed by atoms with Crippen LogP contribution in [0.1, 0.15) is 22.8 Å². The monoisotopic (exact) mass is 380 g/mol. The van der Waals surface area contributed by atoms with E-state index < -0.39 is 5.97 Å². The van der Waals surface area contributed by atoms with Gasteiger partial charge in [-0.25, -0.2) is 4.79 Å². The zero-order chi connectivity index (χ0) is 19.1. The van der Waals surface area contributed by atoms with E-state index >= 15 is 0 Å². The van der Waals surface area contributed by atoms with Crippen LogP contribution >= 0.6 is 11.6 Å². The minimum absolute atomic E-state index is 0.0202. The minimum Gasteiger partial charge on any atom is -0.497 e. The molecule has 26 heavy (non-hydrogen) atoms. The van der Waals surface area contributed by atoms with E-state index in [9.17, 15) is 4.79 Å². The summed E-state index contributed by atoms with van der Waals surface area (Å²) in [5, 5.41) is 0.275. The minimum atomic E-state index is -0.543. The maximum Gasteiger partial charge on any atom is 0.338 e. The largest absolute Gasteiger partial charge is 0.497 e. The molecule has 0 aliphatic rings. The maximum absolute atomic E-state index is 12.4. The second kappa shape index (κ2) is 9.20. The van der Waals surface area contributed by atoms with E-state index in [-0.39, 0.29) is 17.2 Å². The molecular weight excluding hydrogens is 360 g/mol. The predicted octanol–water partition coefficient (Wildman–Crippen LogP) is 4.12. The zero-order valence-corrected chi connectivity index (χ0v) is 15.9. The van der Waals surface area contributed by atoms with Gasteiger partial charge in [0.05, 0.1) is 38.5 Å². The van der Waals surface area contributed by atoms with Crippen LogP contribution in [0.3, 0.4) is 0 Å². The Hall–Kier alpha value is -2.60. The first-order valence-corrected chi connectivity index (χ1v) is 8.30. The summed E-state index contributed by atoms with van der Waals surface area (Å²) in [5.74, 6) is 1.45. The van der Waals surface area contributed by atoms with Gasteiger partial charge >= 0.3 is 5.97 Å². The quantitative estimate of drug-likeness (QED) is 0.642. The number of ether oxygens (including phenoxy) is 5. The summed E-state index contributed by atoms with van der Waals surface area (Å²) in [6.45, 7) is 2.28. The summed E-state index contributed by atoms with van der Waals surface area (Å²) < 4.78 is 26.5. The Morgan fingerprint density at radius 2 is 1.73 bits per heavy atom. The van der Waals surface area contributed by atoms with Crippen LogP contribution in [0.25, 0.3) is 0 Å². The molecule has 0 radical (unpaired) electrons. The highest BCUT2D eigenvalue weighted by Gasteiger charge is 2.17. The molecule has 0 aliphatic carbocycles. The molecule has 0 atom stereocenters. The van der Waals surface area contributed by atoms with Crippen LogP contribution in [0.5, 0.6) is 23.0 Å². The number of halogens is 1. The van der Waals surface area contributed by atoms with E-state index in [0.717, 1.165) is 0 Å². The van der Waals surface area contributed by atoms with E-state index in [1.807, 2.05) is 6.92 Å². The summed E-state index contributed by atoms with van der Waals surface area (Å²) in [6, 6.07) is 8.28. The second-order valence-corrected chi connectivity index (χ2v) is 5.58. The van der Waals surface area contributed by atoms with Gasteiger partial charge in [-0.2, -0.15) is 0 Å². The van der Waals surface area contributed by atoms with Crippen molar-refractivity contribution < 1.29 is 28.5 Å². The molecule has 0 aromatic heterocycles. The van der Waals surface area contributed by atoms with Gasteiger partial charge in [0.15, 0.2) is 11.5 Å². The van der Waals surface area contributed by atoms with E-state index in [0.29, 0.717) is 35.2 Å². The lowest BCUT2D eigenvalue weighted by Gasteiger charge is -2.14. The molecule has 0 amide bonds. The predicted molar refractivity (Wildman–Crippen MR) is 97.8 cm³/mol. The molecule has 0 N–H and O–H groups in total. The van der Waals surface area contributed by atoms with Gasteiger partial charge < -0.3 is 23.7 Å². The molecule has 0 saturated carbocycles. The summed E-state index contributed by atoms with van der Waals surface area (Å²) in [5.41, 5.74) is 0.946. The van der Waals surface area contributed by atoms with Crippen molar-refractivity contribution in [2.45, 2.75) is 13.5 Å². The third-order valence-electron chi connectivity index (χ3n) is 3.60. The summed E-state index contributed by atoms with van der Waals surface area (Å²) >= 11 is 6.19. The van der Waals surface area contributed by atoms with E-state index in [1.165, 1.54) is 19.2 Å². The fourth-order valence-corrected chi connectivity index (χ4v) is 2.61. The molecule has 6 nitrogen and oxygen atoms in total. The molecule has 0 unspecified atom stereocenters. The fraction of sp³-hybridized carbons (Fsp3) is 0.316. The number of hydrogen-bond donors (Lipinski definition) is 0. The Morgan fingerprint density at radius 3 is 2.35 bits per heavy atom. The van der Waals surface area contributed by atoms with Crippen LogP contribution in [-0.4, -0.2) is 33.9 Å². The van der Waals surface area contributed by atoms with Gasteiger partial charge in [0.25, 0.3) is 0 Å². The number of methoxy groups -OCH3 is 3. The normalized spacial score (nSPS) is 10.2. The van der Waals surface area contributed by atoms with Crippen molar-refractivity contribution in [2.75, 3.05) is 27.9 Å². The first kappa shape index (κ1) is 19.7. The van der Waals surface area contributed by atoms with Crippen molar-refractivity contribution in [3.05, 3.63) is 46.5 Å². The lowest BCUT2D eigenvalue weighted by Crippen LogP contribution is -2.07. The standard InChI is InChI=1S/C19H21ClO6/c1-5-25-18-15(20)9-12(10-17(18)24-4)19(21)26-11-13-8-14(22-2)6-7-16(13)23-3/h6-10H,5,11H2,1-4H3. The smallest absolute Gasteiger partial charge is 0.338 e. The summed E-state index contributed by atoms with van der Waals surface area (Å²) in [6.07, 6.45) is 0. The molecule has 0 bridgehead atoms. The molecule has 0 saturated heterocycles. The van der Waals surface area contributed by atoms with Crippen molar-refractivity contribution >= 4 is 17.6 Å². The summed E-state index contributed by atoms with van der Waals surface area (Å²) in [4.78, 5) is 12.4. The van der Waals surface area contributed by atoms with Gasteiger partial charge in [-0.3, -0.25) is 0 Å². The molecule has 2 aromatic rings. The number of hydrogen-bond acceptors (Lipinski definition) is 6. The first-order valence-electron chi connectivity index (χ1n) is 7.92. The Kier molecular flexibility index (Phi) is 6.97. The van der Waals surface area contributed by atoms with Crippen molar-refractivity contribution in [2.24, 2.45) is 0 Å². The highest BCUT2D eigenvalue weighted by molar-refractivity contribution is 6.32. The van der Waals surface area contributed by atoms with Gasteiger partial charge in [0.1, 0.15) is 18.1 Å². The molecule has 0 heterocycles. The average Bonchev–Trinajstić information content (AvgIpc) is 2.67. The Labute approximate surface area is 157 Å². The molecule has 2 rings (SSSR count). The highest BCUT2D eigenvalue weighted by atomic mass is 35.5. The Balaban J connectivity index is 2.19. The third kappa shape index (κ3) is 4.52. The van der Waals surface area contributed by atoms with Crippen LogP contribution in [0, 0.1) is 0 Å². The SMILES string of the molecule is CCOc1c(Cl)cc(C(=O)OCc2cc(OC)ccc2OC)cc1OC. The lowest BCUT2D eigenvalue weighted by molar-refractivity contribution is 0.0469. The van der Waals surface area contributed by atoms with Gasteiger partial charge in [-0.05, 0) is 37.3 Å². The van der Waals surface area contributed by atoms with Crippen molar-refractivity contribution in [1.82, 2.24) is 0 Å². The Bertz CT molecular complexity index is 775. The Morgan fingerprint density at radius 1 is 1.00 bits per heavy atom. The number of carbonyl (C=O) groups is 1. The third-order valence-corrected chi connectivity index (χ3v) is 3.88. The van der Waals surface area contributed by atoms with Crippen LogP contribution in [-0.2, 0) is 11.3 Å². The molecular formula is C19H21ClO6. The first-order chi connectivity index (χ1) is 12.5. The fourth-order valence-electron chi connectivity index (χ4n) is 2.34. The van der Waals surface area contributed by atoms with Crippen molar-refractivity contribution in [3.8, 4) is 23.0 Å². The summed E-state index contributed by atoms with van der Waals surface area (Å²) in [7, 11) is 4.58. The second-order valence-electron chi connectivity index (χ2n) is 5.18. The van der Waals surface area contributed by atoms with E-state index in [4.69, 9.17) is 35.3 Å². The van der Waals surface area contributed by atoms with Gasteiger partial charge in [-0.1, -0.05) is 11.6 Å². The number of esters is 1. The van der Waals surface area contributed by atoms with E-state index in [2.05, 4.69) is 0 Å². The van der Waals surface area contributed by atoms with Gasteiger partial charge in [0.2, 0.25) is 0 Å². The molecule has 0 spiro atoms. The van der Waals surface area contributed by atoms with Crippen LogP contribution in [0.4, 0.5) is 0 Å². The van der Waals surface area contributed by atoms with Gasteiger partial charge in [-0.15, -0.1) is 0 Å². The molecule has 2 aromatic carbocycles. The van der Waals surface area contributed by atoms with Crippen LogP contribution in [0.2, 0.25) is 5.02 Å². The molecule has 140 valence electrons.